The second-order valence-corrected chi connectivity index (χ2v) is 9.98. The Bertz CT molecular complexity index is 1280. The number of rotatable bonds is 2. The Morgan fingerprint density at radius 3 is 2.41 bits per heavy atom. The van der Waals surface area contributed by atoms with Crippen molar-refractivity contribution >= 4 is 40.2 Å². The van der Waals surface area contributed by atoms with E-state index in [0.717, 1.165) is 34.7 Å². The standard InChI is InChI=1S/C28H26FN3OS/c1-28(2)16-22-25(24(33)17-28)26(18-12-14-19(29)15-13-18)32(23-11-7-6-10-21(23)31-22)27(34)30-20-8-4-3-5-9-20/h3-15,26,31H,16-17H2,1-2H3,(H,30,34)/t26-/m1/s1. The summed E-state index contributed by atoms with van der Waals surface area (Å²) < 4.78 is 13.9. The predicted octanol–water partition coefficient (Wildman–Crippen LogP) is 6.84. The largest absolute Gasteiger partial charge is 0.357 e. The van der Waals surface area contributed by atoms with Gasteiger partial charge in [0.2, 0.25) is 0 Å². The third-order valence-corrected chi connectivity index (χ3v) is 6.63. The van der Waals surface area contributed by atoms with Crippen LogP contribution in [0.2, 0.25) is 0 Å². The van der Waals surface area contributed by atoms with Gasteiger partial charge in [-0.3, -0.25) is 4.79 Å². The summed E-state index contributed by atoms with van der Waals surface area (Å²) in [7, 11) is 0. The van der Waals surface area contributed by atoms with E-state index in [1.807, 2.05) is 59.5 Å². The van der Waals surface area contributed by atoms with Gasteiger partial charge in [-0.2, -0.15) is 0 Å². The first kappa shape index (κ1) is 22.3. The van der Waals surface area contributed by atoms with Crippen molar-refractivity contribution in [3.05, 3.63) is 102 Å². The van der Waals surface area contributed by atoms with Crippen LogP contribution in [0, 0.1) is 11.2 Å². The Morgan fingerprint density at radius 2 is 1.68 bits per heavy atom. The highest BCUT2D eigenvalue weighted by Gasteiger charge is 2.42. The van der Waals surface area contributed by atoms with Crippen LogP contribution in [0.25, 0.3) is 0 Å². The van der Waals surface area contributed by atoms with Crippen molar-refractivity contribution in [3.63, 3.8) is 0 Å². The van der Waals surface area contributed by atoms with Crippen LogP contribution >= 0.6 is 12.2 Å². The normalized spacial score (nSPS) is 19.0. The van der Waals surface area contributed by atoms with Crippen LogP contribution in [0.3, 0.4) is 0 Å². The average Bonchev–Trinajstić information content (AvgIpc) is 2.94. The van der Waals surface area contributed by atoms with Crippen molar-refractivity contribution in [2.75, 3.05) is 15.5 Å². The number of carbonyl (C=O) groups is 1. The number of hydrogen-bond acceptors (Lipinski definition) is 3. The van der Waals surface area contributed by atoms with Crippen molar-refractivity contribution < 1.29 is 9.18 Å². The predicted molar refractivity (Wildman–Crippen MR) is 139 cm³/mol. The van der Waals surface area contributed by atoms with Crippen molar-refractivity contribution in [2.24, 2.45) is 5.41 Å². The molecule has 0 fully saturated rings. The number of halogens is 1. The number of carbonyl (C=O) groups excluding carboxylic acids is 1. The monoisotopic (exact) mass is 471 g/mol. The van der Waals surface area contributed by atoms with E-state index in [0.29, 0.717) is 17.1 Å². The highest BCUT2D eigenvalue weighted by molar-refractivity contribution is 7.80. The van der Waals surface area contributed by atoms with Gasteiger partial charge in [0.15, 0.2) is 10.9 Å². The third kappa shape index (κ3) is 4.21. The lowest BCUT2D eigenvalue weighted by Gasteiger charge is -2.38. The van der Waals surface area contributed by atoms with E-state index >= 15 is 0 Å². The molecule has 1 aliphatic heterocycles. The molecule has 5 rings (SSSR count). The molecule has 0 radical (unpaired) electrons. The minimum atomic E-state index is -0.501. The Morgan fingerprint density at radius 1 is 1.00 bits per heavy atom. The smallest absolute Gasteiger partial charge is 0.178 e. The minimum Gasteiger partial charge on any atom is -0.357 e. The molecule has 1 atom stereocenters. The molecule has 0 unspecified atom stereocenters. The topological polar surface area (TPSA) is 44.4 Å². The molecule has 172 valence electrons. The molecule has 0 amide bonds. The Kier molecular flexibility index (Phi) is 5.70. The van der Waals surface area contributed by atoms with Crippen molar-refractivity contribution in [1.82, 2.24) is 0 Å². The molecular formula is C28H26FN3OS. The summed E-state index contributed by atoms with van der Waals surface area (Å²) in [5, 5.41) is 7.36. The van der Waals surface area contributed by atoms with Gasteiger partial charge in [-0.15, -0.1) is 0 Å². The molecule has 0 saturated heterocycles. The fraction of sp³-hybridized carbons (Fsp3) is 0.214. The number of benzene rings is 3. The summed E-state index contributed by atoms with van der Waals surface area (Å²) in [6.45, 7) is 4.22. The van der Waals surface area contributed by atoms with Gasteiger partial charge in [0.25, 0.3) is 0 Å². The van der Waals surface area contributed by atoms with Gasteiger partial charge in [-0.05, 0) is 66.0 Å². The molecule has 0 aromatic heterocycles. The van der Waals surface area contributed by atoms with Gasteiger partial charge in [0.1, 0.15) is 5.82 Å². The summed E-state index contributed by atoms with van der Waals surface area (Å²) in [4.78, 5) is 15.6. The molecule has 2 aliphatic rings. The van der Waals surface area contributed by atoms with Crippen LogP contribution in [0.5, 0.6) is 0 Å². The summed E-state index contributed by atoms with van der Waals surface area (Å²) in [5.74, 6) is -0.244. The molecular weight excluding hydrogens is 445 g/mol. The Balaban J connectivity index is 1.72. The van der Waals surface area contributed by atoms with Crippen LogP contribution in [0.15, 0.2) is 90.1 Å². The summed E-state index contributed by atoms with van der Waals surface area (Å²) in [6.07, 6.45) is 1.17. The first-order valence-corrected chi connectivity index (χ1v) is 11.8. The summed E-state index contributed by atoms with van der Waals surface area (Å²) in [5.41, 5.74) is 4.80. The lowest BCUT2D eigenvalue weighted by molar-refractivity contribution is -0.118. The van der Waals surface area contributed by atoms with E-state index in [9.17, 15) is 9.18 Å². The van der Waals surface area contributed by atoms with Crippen LogP contribution in [0.1, 0.15) is 38.3 Å². The van der Waals surface area contributed by atoms with E-state index in [-0.39, 0.29) is 17.0 Å². The van der Waals surface area contributed by atoms with Gasteiger partial charge >= 0.3 is 0 Å². The number of ketones is 1. The molecule has 3 aromatic rings. The van der Waals surface area contributed by atoms with Crippen molar-refractivity contribution in [2.45, 2.75) is 32.7 Å². The maximum atomic E-state index is 13.9. The molecule has 6 heteroatoms. The number of thiocarbonyl (C=S) groups is 1. The zero-order valence-electron chi connectivity index (χ0n) is 19.1. The molecule has 2 N–H and O–H groups in total. The number of nitrogens with zero attached hydrogens (tertiary/aromatic N) is 1. The lowest BCUT2D eigenvalue weighted by Crippen LogP contribution is -2.41. The summed E-state index contributed by atoms with van der Waals surface area (Å²) >= 11 is 5.95. The molecule has 0 saturated carbocycles. The SMILES string of the molecule is CC1(C)CC(=O)C2=C(C1)Nc1ccccc1N(C(=S)Nc1ccccc1)[C@@H]2c1ccc(F)cc1. The highest BCUT2D eigenvalue weighted by atomic mass is 32.1. The van der Waals surface area contributed by atoms with E-state index in [2.05, 4.69) is 24.5 Å². The Hall–Kier alpha value is -3.51. The zero-order chi connectivity index (χ0) is 23.9. The van der Waals surface area contributed by atoms with Crippen LogP contribution in [-0.4, -0.2) is 10.9 Å². The maximum Gasteiger partial charge on any atom is 0.178 e. The molecule has 0 spiro atoms. The van der Waals surface area contributed by atoms with Gasteiger partial charge in [0, 0.05) is 23.4 Å². The number of para-hydroxylation sites is 3. The van der Waals surface area contributed by atoms with Crippen molar-refractivity contribution in [3.8, 4) is 0 Å². The van der Waals surface area contributed by atoms with Gasteiger partial charge < -0.3 is 15.5 Å². The average molecular weight is 472 g/mol. The van der Waals surface area contributed by atoms with Crippen LogP contribution in [-0.2, 0) is 4.79 Å². The summed E-state index contributed by atoms with van der Waals surface area (Å²) in [6, 6.07) is 23.5. The number of anilines is 3. The third-order valence-electron chi connectivity index (χ3n) is 6.33. The first-order chi connectivity index (χ1) is 16.3. The van der Waals surface area contributed by atoms with E-state index in [1.165, 1.54) is 12.1 Å². The van der Waals surface area contributed by atoms with E-state index in [1.54, 1.807) is 12.1 Å². The fourth-order valence-electron chi connectivity index (χ4n) is 4.88. The number of Topliss-reactive ketones (excluding diaryl/α,β-unsaturated/α-hetero) is 1. The number of fused-ring (bicyclic) bond motifs is 1. The van der Waals surface area contributed by atoms with Crippen LogP contribution in [0.4, 0.5) is 21.5 Å². The molecule has 1 heterocycles. The Labute approximate surface area is 204 Å². The number of hydrogen-bond donors (Lipinski definition) is 2. The van der Waals surface area contributed by atoms with Crippen molar-refractivity contribution in [1.29, 1.82) is 0 Å². The van der Waals surface area contributed by atoms with Crippen LogP contribution < -0.4 is 15.5 Å². The number of allylic oxidation sites excluding steroid dienone is 1. The minimum absolute atomic E-state index is 0.0772. The highest BCUT2D eigenvalue weighted by Crippen LogP contribution is 2.48. The number of nitrogens with one attached hydrogen (secondary N) is 2. The maximum absolute atomic E-state index is 13.9. The zero-order valence-corrected chi connectivity index (χ0v) is 20.0. The molecule has 0 bridgehead atoms. The second kappa shape index (κ2) is 8.69. The first-order valence-electron chi connectivity index (χ1n) is 11.4. The lowest BCUT2D eigenvalue weighted by atomic mass is 9.73. The second-order valence-electron chi connectivity index (χ2n) is 9.60. The van der Waals surface area contributed by atoms with Gasteiger partial charge in [0.05, 0.1) is 17.4 Å². The fourth-order valence-corrected chi connectivity index (χ4v) is 5.20. The van der Waals surface area contributed by atoms with Gasteiger partial charge in [-0.25, -0.2) is 4.39 Å². The van der Waals surface area contributed by atoms with Gasteiger partial charge in [-0.1, -0.05) is 56.3 Å². The van der Waals surface area contributed by atoms with E-state index < -0.39 is 6.04 Å². The molecule has 3 aromatic carbocycles. The molecule has 1 aliphatic carbocycles. The quantitative estimate of drug-likeness (QED) is 0.401. The molecule has 34 heavy (non-hydrogen) atoms. The van der Waals surface area contributed by atoms with E-state index in [4.69, 9.17) is 12.2 Å². The molecule has 4 nitrogen and oxygen atoms in total.